The first kappa shape index (κ1) is 29.3. The Hall–Kier alpha value is -4.83. The fraction of sp³-hybridized carbons (Fsp3) is 0.265. The number of hydrogen-bond acceptors (Lipinski definition) is 9. The number of furan rings is 1. The molecule has 1 N–H and O–H groups in total. The number of anilines is 1. The summed E-state index contributed by atoms with van der Waals surface area (Å²) in [6.45, 7) is 2.76. The maximum Gasteiger partial charge on any atom is 0.296 e. The fourth-order valence-corrected chi connectivity index (χ4v) is 6.40. The number of Topliss-reactive ketones (excluding diaryl/α,β-unsaturated/α-hetero) is 1. The third kappa shape index (κ3) is 5.37. The third-order valence-corrected chi connectivity index (χ3v) is 8.67. The van der Waals surface area contributed by atoms with Crippen LogP contribution in [0.15, 0.2) is 82.5 Å². The zero-order valence-electron chi connectivity index (χ0n) is 24.7. The SMILES string of the molecule is CCCCCCOc1ccc(C2C(C(=O)c3cc4cccc(OC)c4o3)=C(O)C(=O)N2c2nc3ccc(OC)cc3s2)cc1. The summed E-state index contributed by atoms with van der Waals surface area (Å²) < 4.78 is 23.4. The van der Waals surface area contributed by atoms with Crippen molar-refractivity contribution < 1.29 is 33.3 Å². The number of para-hydroxylation sites is 1. The number of nitrogens with zero attached hydrogens (tertiary/aromatic N) is 2. The minimum atomic E-state index is -0.967. The number of methoxy groups -OCH3 is 2. The van der Waals surface area contributed by atoms with Crippen LogP contribution >= 0.6 is 11.3 Å². The average Bonchev–Trinajstić information content (AvgIpc) is 3.74. The van der Waals surface area contributed by atoms with E-state index in [4.69, 9.17) is 23.6 Å². The van der Waals surface area contributed by atoms with E-state index in [1.807, 2.05) is 18.2 Å². The maximum atomic E-state index is 14.1. The van der Waals surface area contributed by atoms with Gasteiger partial charge in [0.2, 0.25) is 5.78 Å². The molecule has 10 heteroatoms. The summed E-state index contributed by atoms with van der Waals surface area (Å²) in [6, 6.07) is 18.6. The Bertz CT molecular complexity index is 1870. The highest BCUT2D eigenvalue weighted by Gasteiger charge is 2.46. The van der Waals surface area contributed by atoms with Crippen LogP contribution < -0.4 is 19.1 Å². The topological polar surface area (TPSA) is 111 Å². The molecule has 1 unspecified atom stereocenters. The number of aromatic nitrogens is 1. The lowest BCUT2D eigenvalue weighted by molar-refractivity contribution is -0.117. The lowest BCUT2D eigenvalue weighted by Crippen LogP contribution is -2.30. The number of fused-ring (bicyclic) bond motifs is 2. The Morgan fingerprint density at radius 3 is 2.55 bits per heavy atom. The van der Waals surface area contributed by atoms with Gasteiger partial charge in [-0.2, -0.15) is 0 Å². The van der Waals surface area contributed by atoms with Gasteiger partial charge in [-0.25, -0.2) is 4.98 Å². The van der Waals surface area contributed by atoms with Gasteiger partial charge in [-0.1, -0.05) is 61.8 Å². The number of ketones is 1. The monoisotopic (exact) mass is 612 g/mol. The van der Waals surface area contributed by atoms with E-state index < -0.39 is 23.5 Å². The van der Waals surface area contributed by atoms with E-state index in [0.717, 1.165) is 30.4 Å². The van der Waals surface area contributed by atoms with Gasteiger partial charge in [0.25, 0.3) is 5.91 Å². The van der Waals surface area contributed by atoms with Crippen LogP contribution in [0.4, 0.5) is 5.13 Å². The molecule has 1 aliphatic rings. The van der Waals surface area contributed by atoms with Gasteiger partial charge < -0.3 is 23.7 Å². The van der Waals surface area contributed by atoms with Crippen molar-refractivity contribution in [1.29, 1.82) is 0 Å². The molecule has 226 valence electrons. The summed E-state index contributed by atoms with van der Waals surface area (Å²) in [4.78, 5) is 33.9. The molecule has 6 rings (SSSR count). The van der Waals surface area contributed by atoms with E-state index in [9.17, 15) is 14.7 Å². The normalized spacial score (nSPS) is 15.0. The Morgan fingerprint density at radius 1 is 1.00 bits per heavy atom. The average molecular weight is 613 g/mol. The van der Waals surface area contributed by atoms with Gasteiger partial charge in [-0.05, 0) is 54.4 Å². The van der Waals surface area contributed by atoms with Crippen molar-refractivity contribution in [1.82, 2.24) is 4.98 Å². The van der Waals surface area contributed by atoms with Crippen molar-refractivity contribution in [3.63, 3.8) is 0 Å². The Morgan fingerprint density at radius 2 is 1.80 bits per heavy atom. The maximum absolute atomic E-state index is 14.1. The number of aliphatic hydroxyl groups excluding tert-OH is 1. The Balaban J connectivity index is 1.40. The fourth-order valence-electron chi connectivity index (χ4n) is 5.38. The predicted molar refractivity (Wildman–Crippen MR) is 169 cm³/mol. The molecule has 1 aliphatic heterocycles. The van der Waals surface area contributed by atoms with Crippen LogP contribution in [0.1, 0.15) is 54.8 Å². The number of hydrogen-bond donors (Lipinski definition) is 1. The molecule has 2 aromatic heterocycles. The molecule has 1 atom stereocenters. The number of ether oxygens (including phenoxy) is 3. The van der Waals surface area contributed by atoms with Crippen molar-refractivity contribution in [3.05, 3.63) is 89.4 Å². The molecule has 44 heavy (non-hydrogen) atoms. The lowest BCUT2D eigenvalue weighted by Gasteiger charge is -2.24. The molecule has 0 fully saturated rings. The van der Waals surface area contributed by atoms with Crippen LogP contribution in [0, 0.1) is 0 Å². The lowest BCUT2D eigenvalue weighted by atomic mass is 9.95. The second-order valence-electron chi connectivity index (χ2n) is 10.5. The largest absolute Gasteiger partial charge is 0.503 e. The van der Waals surface area contributed by atoms with E-state index in [1.54, 1.807) is 55.6 Å². The molecule has 9 nitrogen and oxygen atoms in total. The first-order valence-electron chi connectivity index (χ1n) is 14.5. The van der Waals surface area contributed by atoms with E-state index in [0.29, 0.717) is 51.0 Å². The first-order valence-corrected chi connectivity index (χ1v) is 15.3. The number of rotatable bonds is 12. The molecule has 5 aromatic rings. The van der Waals surface area contributed by atoms with Gasteiger partial charge in [0.05, 0.1) is 42.7 Å². The highest BCUT2D eigenvalue weighted by molar-refractivity contribution is 7.22. The highest BCUT2D eigenvalue weighted by Crippen LogP contribution is 2.45. The zero-order valence-corrected chi connectivity index (χ0v) is 25.5. The molecule has 3 heterocycles. The van der Waals surface area contributed by atoms with Gasteiger partial charge in [-0.3, -0.25) is 14.5 Å². The van der Waals surface area contributed by atoms with Gasteiger partial charge in [0.1, 0.15) is 11.5 Å². The second-order valence-corrected chi connectivity index (χ2v) is 11.5. The number of aliphatic hydroxyl groups is 1. The molecule has 0 saturated heterocycles. The first-order chi connectivity index (χ1) is 21.4. The molecule has 0 bridgehead atoms. The predicted octanol–water partition coefficient (Wildman–Crippen LogP) is 7.80. The van der Waals surface area contributed by atoms with E-state index >= 15 is 0 Å². The van der Waals surface area contributed by atoms with Gasteiger partial charge in [0.15, 0.2) is 28.0 Å². The minimum Gasteiger partial charge on any atom is -0.503 e. The van der Waals surface area contributed by atoms with Crippen LogP contribution in [-0.2, 0) is 4.79 Å². The van der Waals surface area contributed by atoms with Gasteiger partial charge >= 0.3 is 0 Å². The summed E-state index contributed by atoms with van der Waals surface area (Å²) in [7, 11) is 3.10. The highest BCUT2D eigenvalue weighted by atomic mass is 32.1. The van der Waals surface area contributed by atoms with Crippen LogP contribution in [0.5, 0.6) is 17.2 Å². The number of amides is 1. The summed E-state index contributed by atoms with van der Waals surface area (Å²) in [5.41, 5.74) is 1.57. The van der Waals surface area contributed by atoms with E-state index in [1.165, 1.54) is 23.3 Å². The zero-order chi connectivity index (χ0) is 30.8. The van der Waals surface area contributed by atoms with E-state index in [2.05, 4.69) is 6.92 Å². The van der Waals surface area contributed by atoms with Crippen molar-refractivity contribution >= 4 is 49.3 Å². The standard InChI is InChI=1S/C34H32N2O7S/c1-4-5-6-7-17-42-22-13-11-20(12-14-22)29-28(30(37)26-18-21-9-8-10-25(41-3)32(21)43-26)31(38)33(39)36(29)34-35-24-16-15-23(40-2)19-27(24)44-34/h8-16,18-19,29,38H,4-7,17H2,1-3H3. The van der Waals surface area contributed by atoms with Crippen LogP contribution in [0.2, 0.25) is 0 Å². The molecular weight excluding hydrogens is 580 g/mol. The van der Waals surface area contributed by atoms with Crippen molar-refractivity contribution in [2.45, 2.75) is 38.6 Å². The Kier molecular flexibility index (Phi) is 8.25. The number of thiazole rings is 1. The molecule has 0 aliphatic carbocycles. The Labute approximate surface area is 258 Å². The van der Waals surface area contributed by atoms with Crippen LogP contribution in [0.25, 0.3) is 21.2 Å². The van der Waals surface area contributed by atoms with E-state index in [-0.39, 0.29) is 11.3 Å². The minimum absolute atomic E-state index is 0.0215. The van der Waals surface area contributed by atoms with Crippen LogP contribution in [0.3, 0.4) is 0 Å². The van der Waals surface area contributed by atoms with Crippen molar-refractivity contribution in [3.8, 4) is 17.2 Å². The molecule has 0 saturated carbocycles. The summed E-state index contributed by atoms with van der Waals surface area (Å²) in [5.74, 6) is -0.212. The van der Waals surface area contributed by atoms with Crippen molar-refractivity contribution in [2.24, 2.45) is 0 Å². The summed E-state index contributed by atoms with van der Waals surface area (Å²) in [5, 5.41) is 12.3. The van der Waals surface area contributed by atoms with Gasteiger partial charge in [0, 0.05) is 5.39 Å². The summed E-state index contributed by atoms with van der Waals surface area (Å²) in [6.07, 6.45) is 4.37. The summed E-state index contributed by atoms with van der Waals surface area (Å²) >= 11 is 1.27. The quantitative estimate of drug-likeness (QED) is 0.112. The molecule has 1 amide bonds. The third-order valence-electron chi connectivity index (χ3n) is 7.66. The molecule has 0 radical (unpaired) electrons. The number of carbonyl (C=O) groups excluding carboxylic acids is 2. The van der Waals surface area contributed by atoms with Crippen LogP contribution in [-0.4, -0.2) is 42.6 Å². The number of carbonyl (C=O) groups is 2. The molecular formula is C34H32N2O7S. The second kappa shape index (κ2) is 12.4. The number of unbranched alkanes of at least 4 members (excludes halogenated alkanes) is 3. The smallest absolute Gasteiger partial charge is 0.296 e. The molecule has 0 spiro atoms. The van der Waals surface area contributed by atoms with Gasteiger partial charge in [-0.15, -0.1) is 0 Å². The van der Waals surface area contributed by atoms with Crippen molar-refractivity contribution in [2.75, 3.05) is 25.7 Å². The molecule has 3 aromatic carbocycles. The number of benzene rings is 3.